The van der Waals surface area contributed by atoms with Gasteiger partial charge in [0.05, 0.1) is 18.9 Å². The average Bonchev–Trinajstić information content (AvgIpc) is 2.96. The smallest absolute Gasteiger partial charge is 0.226 e. The zero-order valence-corrected chi connectivity index (χ0v) is 12.3. The Morgan fingerprint density at radius 2 is 1.95 bits per heavy atom. The van der Waals surface area contributed by atoms with Gasteiger partial charge in [-0.3, -0.25) is 0 Å². The number of aryl methyl sites for hydroxylation is 1. The molecule has 0 aliphatic carbocycles. The number of carbonyl (C=O) groups excluding carboxylic acids is 1. The highest BCUT2D eigenvalue weighted by Gasteiger charge is 2.11. The Morgan fingerprint density at radius 3 is 2.67 bits per heavy atom. The van der Waals surface area contributed by atoms with Gasteiger partial charge < -0.3 is 18.7 Å². The van der Waals surface area contributed by atoms with Crippen LogP contribution in [0.4, 0.5) is 0 Å². The summed E-state index contributed by atoms with van der Waals surface area (Å²) in [6.45, 7) is 4.98. The third-order valence-corrected chi connectivity index (χ3v) is 2.86. The monoisotopic (exact) mass is 289 g/mol. The number of aromatic nitrogens is 1. The van der Waals surface area contributed by atoms with Crippen molar-refractivity contribution in [2.45, 2.75) is 26.7 Å². The van der Waals surface area contributed by atoms with Crippen LogP contribution < -0.4 is 9.47 Å². The van der Waals surface area contributed by atoms with Gasteiger partial charge in [-0.1, -0.05) is 0 Å². The number of hydrogen-bond acceptors (Lipinski definition) is 5. The van der Waals surface area contributed by atoms with Crippen LogP contribution in [-0.2, 0) is 11.2 Å². The molecule has 5 nitrogen and oxygen atoms in total. The van der Waals surface area contributed by atoms with Crippen molar-refractivity contribution in [2.24, 2.45) is 0 Å². The van der Waals surface area contributed by atoms with Gasteiger partial charge in [0, 0.05) is 12.0 Å². The van der Waals surface area contributed by atoms with E-state index in [1.54, 1.807) is 6.26 Å². The summed E-state index contributed by atoms with van der Waals surface area (Å²) in [5.74, 6) is 1.89. The third kappa shape index (κ3) is 3.84. The van der Waals surface area contributed by atoms with E-state index in [4.69, 9.17) is 13.9 Å². The first-order valence-electron chi connectivity index (χ1n) is 7.06. The van der Waals surface area contributed by atoms with E-state index in [9.17, 15) is 4.79 Å². The lowest BCUT2D eigenvalue weighted by Crippen LogP contribution is -1.98. The summed E-state index contributed by atoms with van der Waals surface area (Å²) >= 11 is 0. The Labute approximate surface area is 123 Å². The van der Waals surface area contributed by atoms with Gasteiger partial charge in [0.1, 0.15) is 12.5 Å². The Balaban J connectivity index is 2.24. The molecule has 0 radical (unpaired) electrons. The van der Waals surface area contributed by atoms with Crippen molar-refractivity contribution in [1.82, 2.24) is 4.98 Å². The second-order valence-corrected chi connectivity index (χ2v) is 4.38. The maximum atomic E-state index is 10.4. The van der Waals surface area contributed by atoms with E-state index in [0.29, 0.717) is 43.4 Å². The molecule has 2 aromatic rings. The van der Waals surface area contributed by atoms with E-state index >= 15 is 0 Å². The van der Waals surface area contributed by atoms with Crippen LogP contribution in [0.1, 0.15) is 26.0 Å². The molecule has 0 bridgehead atoms. The van der Waals surface area contributed by atoms with Crippen molar-refractivity contribution < 1.29 is 18.7 Å². The van der Waals surface area contributed by atoms with Crippen LogP contribution in [0.3, 0.4) is 0 Å². The van der Waals surface area contributed by atoms with Crippen LogP contribution in [0.2, 0.25) is 0 Å². The third-order valence-electron chi connectivity index (χ3n) is 2.86. The van der Waals surface area contributed by atoms with E-state index in [1.165, 1.54) is 0 Å². The van der Waals surface area contributed by atoms with Gasteiger partial charge in [-0.25, -0.2) is 4.98 Å². The van der Waals surface area contributed by atoms with Crippen molar-refractivity contribution in [3.8, 4) is 23.0 Å². The zero-order valence-electron chi connectivity index (χ0n) is 12.3. The molecule has 0 aliphatic heterocycles. The molecule has 2 rings (SSSR count). The lowest BCUT2D eigenvalue weighted by Gasteiger charge is -2.11. The minimum absolute atomic E-state index is 0.444. The predicted molar refractivity (Wildman–Crippen MR) is 78.7 cm³/mol. The fourth-order valence-corrected chi connectivity index (χ4v) is 1.95. The number of oxazole rings is 1. The van der Waals surface area contributed by atoms with E-state index in [0.717, 1.165) is 17.5 Å². The Bertz CT molecular complexity index is 592. The molecule has 0 unspecified atom stereocenters. The summed E-state index contributed by atoms with van der Waals surface area (Å²) in [4.78, 5) is 14.8. The van der Waals surface area contributed by atoms with Crippen LogP contribution in [0.25, 0.3) is 11.5 Å². The highest BCUT2D eigenvalue weighted by molar-refractivity contribution is 5.60. The van der Waals surface area contributed by atoms with Gasteiger partial charge >= 0.3 is 0 Å². The van der Waals surface area contributed by atoms with E-state index < -0.39 is 0 Å². The summed E-state index contributed by atoms with van der Waals surface area (Å²) in [6, 6.07) is 5.58. The quantitative estimate of drug-likeness (QED) is 0.698. The fourth-order valence-electron chi connectivity index (χ4n) is 1.95. The molecule has 21 heavy (non-hydrogen) atoms. The van der Waals surface area contributed by atoms with E-state index in [1.807, 2.05) is 32.0 Å². The highest BCUT2D eigenvalue weighted by atomic mass is 16.5. The minimum atomic E-state index is 0.444. The van der Waals surface area contributed by atoms with Crippen molar-refractivity contribution in [1.29, 1.82) is 0 Å². The molecule has 1 aromatic carbocycles. The van der Waals surface area contributed by atoms with Crippen molar-refractivity contribution in [3.63, 3.8) is 0 Å². The van der Waals surface area contributed by atoms with Gasteiger partial charge in [-0.15, -0.1) is 0 Å². The lowest BCUT2D eigenvalue weighted by molar-refractivity contribution is -0.107. The molecule has 5 heteroatoms. The van der Waals surface area contributed by atoms with Crippen LogP contribution in [-0.4, -0.2) is 24.5 Å². The molecule has 0 N–H and O–H groups in total. The predicted octanol–water partition coefficient (Wildman–Crippen LogP) is 3.27. The highest BCUT2D eigenvalue weighted by Crippen LogP contribution is 2.32. The van der Waals surface area contributed by atoms with Crippen LogP contribution in [0.5, 0.6) is 11.5 Å². The summed E-state index contributed by atoms with van der Waals surface area (Å²) < 4.78 is 16.6. The summed E-state index contributed by atoms with van der Waals surface area (Å²) in [5.41, 5.74) is 1.59. The SMILES string of the molecule is CCOc1ccc(-c2nc(CCC=O)co2)cc1OCC. The topological polar surface area (TPSA) is 61.6 Å². The van der Waals surface area contributed by atoms with Gasteiger partial charge in [-0.2, -0.15) is 0 Å². The molecule has 0 fully saturated rings. The van der Waals surface area contributed by atoms with Gasteiger partial charge in [0.15, 0.2) is 11.5 Å². The van der Waals surface area contributed by atoms with Crippen molar-refractivity contribution in [3.05, 3.63) is 30.2 Å². The molecule has 0 amide bonds. The van der Waals surface area contributed by atoms with Gasteiger partial charge in [0.25, 0.3) is 0 Å². The molecule has 0 saturated carbocycles. The normalized spacial score (nSPS) is 10.4. The molecule has 0 spiro atoms. The van der Waals surface area contributed by atoms with E-state index in [-0.39, 0.29) is 0 Å². The van der Waals surface area contributed by atoms with Crippen LogP contribution in [0.15, 0.2) is 28.9 Å². The first kappa shape index (κ1) is 15.1. The first-order chi connectivity index (χ1) is 10.3. The summed E-state index contributed by atoms with van der Waals surface area (Å²) in [7, 11) is 0. The second kappa shape index (κ2) is 7.47. The molecule has 1 aromatic heterocycles. The number of nitrogens with zero attached hydrogens (tertiary/aromatic N) is 1. The Kier molecular flexibility index (Phi) is 5.37. The van der Waals surface area contributed by atoms with E-state index in [2.05, 4.69) is 4.98 Å². The van der Waals surface area contributed by atoms with Crippen molar-refractivity contribution in [2.75, 3.05) is 13.2 Å². The lowest BCUT2D eigenvalue weighted by atomic mass is 10.2. The Hall–Kier alpha value is -2.30. The molecule has 0 aliphatic rings. The summed E-state index contributed by atoms with van der Waals surface area (Å²) in [5, 5.41) is 0. The number of aldehydes is 1. The van der Waals surface area contributed by atoms with Crippen LogP contribution in [0, 0.1) is 0 Å². The number of ether oxygens (including phenoxy) is 2. The fraction of sp³-hybridized carbons (Fsp3) is 0.375. The summed E-state index contributed by atoms with van der Waals surface area (Å²) in [6.07, 6.45) is 3.48. The average molecular weight is 289 g/mol. The minimum Gasteiger partial charge on any atom is -0.490 e. The van der Waals surface area contributed by atoms with Crippen molar-refractivity contribution >= 4 is 6.29 Å². The maximum Gasteiger partial charge on any atom is 0.226 e. The number of benzene rings is 1. The molecule has 0 saturated heterocycles. The zero-order chi connectivity index (χ0) is 15.1. The molecule has 1 heterocycles. The number of hydrogen-bond donors (Lipinski definition) is 0. The van der Waals surface area contributed by atoms with Gasteiger partial charge in [0.2, 0.25) is 5.89 Å². The Morgan fingerprint density at radius 1 is 1.19 bits per heavy atom. The standard InChI is InChI=1S/C16H19NO4/c1-3-19-14-8-7-12(10-15(14)20-4-2)16-17-13(11-21-16)6-5-9-18/h7-11H,3-6H2,1-2H3. The molecular formula is C16H19NO4. The van der Waals surface area contributed by atoms with Crippen LogP contribution >= 0.6 is 0 Å². The number of rotatable bonds is 8. The van der Waals surface area contributed by atoms with Gasteiger partial charge in [-0.05, 0) is 38.5 Å². The molecular weight excluding hydrogens is 270 g/mol. The maximum absolute atomic E-state index is 10.4. The first-order valence-corrected chi connectivity index (χ1v) is 7.06. The second-order valence-electron chi connectivity index (χ2n) is 4.38. The number of carbonyl (C=O) groups is 1. The molecule has 112 valence electrons. The molecule has 0 atom stereocenters. The largest absolute Gasteiger partial charge is 0.490 e.